The number of ether oxygens (including phenoxy) is 1. The van der Waals surface area contributed by atoms with Crippen molar-refractivity contribution < 1.29 is 9.53 Å². The molecule has 0 bridgehead atoms. The molecule has 0 atom stereocenters. The molecule has 0 amide bonds. The number of hydrogen-bond acceptors (Lipinski definition) is 2. The molecule has 15 heavy (non-hydrogen) atoms. The van der Waals surface area contributed by atoms with Crippen molar-refractivity contribution in [3.8, 4) is 11.8 Å². The molecule has 1 aromatic rings. The van der Waals surface area contributed by atoms with Crippen LogP contribution in [0.3, 0.4) is 0 Å². The molecule has 2 nitrogen and oxygen atoms in total. The Morgan fingerprint density at radius 1 is 1.53 bits per heavy atom. The molecule has 0 saturated heterocycles. The Bertz CT molecular complexity index is 427. The van der Waals surface area contributed by atoms with E-state index in [4.69, 9.17) is 11.6 Å². The molecule has 0 aliphatic carbocycles. The van der Waals surface area contributed by atoms with E-state index in [0.29, 0.717) is 11.6 Å². The Morgan fingerprint density at radius 2 is 2.27 bits per heavy atom. The summed E-state index contributed by atoms with van der Waals surface area (Å²) < 4.78 is 4.69. The van der Waals surface area contributed by atoms with Crippen LogP contribution in [0.4, 0.5) is 0 Å². The molecule has 0 aliphatic rings. The van der Waals surface area contributed by atoms with Crippen molar-refractivity contribution >= 4 is 17.6 Å². The fourth-order valence-corrected chi connectivity index (χ4v) is 1.19. The summed E-state index contributed by atoms with van der Waals surface area (Å²) in [5.41, 5.74) is 1.73. The van der Waals surface area contributed by atoms with Crippen molar-refractivity contribution in [2.75, 3.05) is 6.61 Å². The van der Waals surface area contributed by atoms with E-state index in [1.165, 1.54) is 0 Å². The predicted octanol–water partition coefficient (Wildman–Crippen LogP) is 2.56. The quantitative estimate of drug-likeness (QED) is 0.539. The van der Waals surface area contributed by atoms with Gasteiger partial charge in [0, 0.05) is 16.5 Å². The van der Waals surface area contributed by atoms with Crippen LogP contribution in [0.25, 0.3) is 0 Å². The maximum absolute atomic E-state index is 11.0. The van der Waals surface area contributed by atoms with Gasteiger partial charge in [-0.25, -0.2) is 4.79 Å². The largest absolute Gasteiger partial charge is 0.456 e. The van der Waals surface area contributed by atoms with E-state index in [2.05, 4.69) is 16.6 Å². The number of esters is 1. The summed E-state index contributed by atoms with van der Waals surface area (Å²) in [5, 5.41) is 0.605. The molecule has 0 unspecified atom stereocenters. The summed E-state index contributed by atoms with van der Waals surface area (Å²) in [7, 11) is 0. The predicted molar refractivity (Wildman–Crippen MR) is 59.7 cm³/mol. The molecule has 0 spiro atoms. The molecule has 0 aromatic heterocycles. The van der Waals surface area contributed by atoms with Crippen LogP contribution in [0, 0.1) is 18.8 Å². The third-order valence-corrected chi connectivity index (χ3v) is 2.01. The van der Waals surface area contributed by atoms with E-state index in [1.54, 1.807) is 19.1 Å². The van der Waals surface area contributed by atoms with Crippen LogP contribution in [0.15, 0.2) is 18.2 Å². The van der Waals surface area contributed by atoms with Crippen LogP contribution in [-0.4, -0.2) is 12.6 Å². The molecule has 0 N–H and O–H groups in total. The number of carbonyl (C=O) groups is 1. The lowest BCUT2D eigenvalue weighted by atomic mass is 10.1. The highest BCUT2D eigenvalue weighted by atomic mass is 35.5. The number of aryl methyl sites for hydroxylation is 1. The molecule has 0 radical (unpaired) electrons. The lowest BCUT2D eigenvalue weighted by Gasteiger charge is -1.97. The van der Waals surface area contributed by atoms with E-state index in [-0.39, 0.29) is 0 Å². The lowest BCUT2D eigenvalue weighted by Crippen LogP contribution is -1.99. The average molecular weight is 223 g/mol. The molecule has 78 valence electrons. The minimum absolute atomic E-state index is 0.335. The van der Waals surface area contributed by atoms with Gasteiger partial charge in [-0.3, -0.25) is 0 Å². The zero-order chi connectivity index (χ0) is 11.3. The first-order chi connectivity index (χ1) is 7.13. The normalized spacial score (nSPS) is 9.00. The van der Waals surface area contributed by atoms with Crippen LogP contribution in [0.1, 0.15) is 18.1 Å². The summed E-state index contributed by atoms with van der Waals surface area (Å²) in [6, 6.07) is 5.37. The molecule has 3 heteroatoms. The Hall–Kier alpha value is -1.46. The minimum atomic E-state index is -0.517. The zero-order valence-corrected chi connectivity index (χ0v) is 9.39. The summed E-state index contributed by atoms with van der Waals surface area (Å²) in [6.45, 7) is 3.98. The zero-order valence-electron chi connectivity index (χ0n) is 8.63. The molecule has 1 aromatic carbocycles. The Balaban J connectivity index is 2.88. The van der Waals surface area contributed by atoms with Crippen LogP contribution in [-0.2, 0) is 9.53 Å². The molecule has 0 fully saturated rings. The van der Waals surface area contributed by atoms with Crippen molar-refractivity contribution in [1.82, 2.24) is 0 Å². The SMILES string of the molecule is CCOC(=O)C#Cc1cc(Cl)ccc1C. The second-order valence-electron chi connectivity index (χ2n) is 2.93. The first kappa shape index (κ1) is 11.6. The number of benzene rings is 1. The van der Waals surface area contributed by atoms with Gasteiger partial charge >= 0.3 is 5.97 Å². The molecular weight excluding hydrogens is 212 g/mol. The van der Waals surface area contributed by atoms with Crippen molar-refractivity contribution in [1.29, 1.82) is 0 Å². The second kappa shape index (κ2) is 5.43. The van der Waals surface area contributed by atoms with Crippen molar-refractivity contribution in [3.63, 3.8) is 0 Å². The van der Waals surface area contributed by atoms with E-state index < -0.39 is 5.97 Å². The van der Waals surface area contributed by atoms with E-state index in [9.17, 15) is 4.79 Å². The Kier molecular flexibility index (Phi) is 4.20. The molecular formula is C12H11ClO2. The minimum Gasteiger partial charge on any atom is -0.456 e. The van der Waals surface area contributed by atoms with Gasteiger partial charge in [-0.2, -0.15) is 0 Å². The second-order valence-corrected chi connectivity index (χ2v) is 3.37. The Labute approximate surface area is 94.2 Å². The van der Waals surface area contributed by atoms with Gasteiger partial charge in [-0.15, -0.1) is 0 Å². The number of rotatable bonds is 1. The van der Waals surface area contributed by atoms with Gasteiger partial charge in [0.25, 0.3) is 0 Å². The van der Waals surface area contributed by atoms with E-state index in [1.807, 2.05) is 13.0 Å². The van der Waals surface area contributed by atoms with E-state index >= 15 is 0 Å². The van der Waals surface area contributed by atoms with Crippen LogP contribution in [0.5, 0.6) is 0 Å². The molecule has 0 aliphatic heterocycles. The van der Waals surface area contributed by atoms with Crippen molar-refractivity contribution in [2.45, 2.75) is 13.8 Å². The summed E-state index contributed by atoms with van der Waals surface area (Å²) >= 11 is 5.81. The number of hydrogen-bond donors (Lipinski definition) is 0. The monoisotopic (exact) mass is 222 g/mol. The molecule has 0 heterocycles. The fraction of sp³-hybridized carbons (Fsp3) is 0.250. The smallest absolute Gasteiger partial charge is 0.384 e. The average Bonchev–Trinajstić information content (AvgIpc) is 2.20. The van der Waals surface area contributed by atoms with Crippen molar-refractivity contribution in [3.05, 3.63) is 34.3 Å². The fourth-order valence-electron chi connectivity index (χ4n) is 1.01. The standard InChI is InChI=1S/C12H11ClO2/c1-3-15-12(14)7-5-10-8-11(13)6-4-9(10)2/h4,6,8H,3H2,1-2H3. The lowest BCUT2D eigenvalue weighted by molar-refractivity contribution is -0.136. The first-order valence-electron chi connectivity index (χ1n) is 4.58. The number of carbonyl (C=O) groups excluding carboxylic acids is 1. The Morgan fingerprint density at radius 3 is 2.93 bits per heavy atom. The topological polar surface area (TPSA) is 26.3 Å². The van der Waals surface area contributed by atoms with Crippen LogP contribution < -0.4 is 0 Å². The van der Waals surface area contributed by atoms with Gasteiger partial charge in [0.2, 0.25) is 0 Å². The molecule has 0 saturated carbocycles. The van der Waals surface area contributed by atoms with Crippen LogP contribution in [0.2, 0.25) is 5.02 Å². The van der Waals surface area contributed by atoms with Crippen molar-refractivity contribution in [2.24, 2.45) is 0 Å². The summed E-state index contributed by atoms with van der Waals surface area (Å²) in [6.07, 6.45) is 0. The van der Waals surface area contributed by atoms with Gasteiger partial charge in [-0.05, 0) is 31.5 Å². The maximum Gasteiger partial charge on any atom is 0.384 e. The highest BCUT2D eigenvalue weighted by Crippen LogP contribution is 2.13. The highest BCUT2D eigenvalue weighted by molar-refractivity contribution is 6.30. The van der Waals surface area contributed by atoms with Gasteiger partial charge in [0.05, 0.1) is 6.61 Å². The van der Waals surface area contributed by atoms with Gasteiger partial charge < -0.3 is 4.74 Å². The third kappa shape index (κ3) is 3.65. The van der Waals surface area contributed by atoms with Gasteiger partial charge in [0.15, 0.2) is 0 Å². The summed E-state index contributed by atoms with van der Waals surface area (Å²) in [4.78, 5) is 11.0. The third-order valence-electron chi connectivity index (χ3n) is 1.77. The van der Waals surface area contributed by atoms with Gasteiger partial charge in [0.1, 0.15) is 0 Å². The van der Waals surface area contributed by atoms with Gasteiger partial charge in [-0.1, -0.05) is 23.6 Å². The number of halogens is 1. The van der Waals surface area contributed by atoms with E-state index in [0.717, 1.165) is 11.1 Å². The maximum atomic E-state index is 11.0. The highest BCUT2D eigenvalue weighted by Gasteiger charge is 1.97. The molecule has 1 rings (SSSR count). The first-order valence-corrected chi connectivity index (χ1v) is 4.96. The van der Waals surface area contributed by atoms with Crippen LogP contribution >= 0.6 is 11.6 Å². The summed E-state index contributed by atoms with van der Waals surface area (Å²) in [5.74, 6) is 4.61.